The first kappa shape index (κ1) is 13.9. The standard InChI is InChI=1S/C10H12.C9H10O3/c1-2-9-7-4-5-8(6-7)10(9)3-1;10-7-2-1-3-8(4-7)11-5-9-6-12-9/h1-2,4-5,7-10H,3,6H2;1-4,9-10H,5-6H2. The van der Waals surface area contributed by atoms with Gasteiger partial charge in [-0.1, -0.05) is 30.4 Å². The molecule has 1 heterocycles. The summed E-state index contributed by atoms with van der Waals surface area (Å²) in [6.45, 7) is 1.36. The van der Waals surface area contributed by atoms with Crippen LogP contribution in [0, 0.1) is 23.7 Å². The minimum absolute atomic E-state index is 0.226. The smallest absolute Gasteiger partial charge is 0.123 e. The van der Waals surface area contributed by atoms with Gasteiger partial charge in [-0.05, 0) is 48.6 Å². The third-order valence-corrected chi connectivity index (χ3v) is 5.11. The number of phenolic OH excluding ortho intramolecular Hbond substituents is 1. The van der Waals surface area contributed by atoms with E-state index in [2.05, 4.69) is 24.3 Å². The summed E-state index contributed by atoms with van der Waals surface area (Å²) >= 11 is 0. The van der Waals surface area contributed by atoms with E-state index in [9.17, 15) is 0 Å². The number of phenols is 1. The van der Waals surface area contributed by atoms with E-state index in [-0.39, 0.29) is 11.9 Å². The van der Waals surface area contributed by atoms with Gasteiger partial charge < -0.3 is 14.6 Å². The van der Waals surface area contributed by atoms with E-state index in [1.165, 1.54) is 12.8 Å². The summed E-state index contributed by atoms with van der Waals surface area (Å²) < 4.78 is 10.3. The average molecular weight is 298 g/mol. The molecular weight excluding hydrogens is 276 g/mol. The second-order valence-electron chi connectivity index (χ2n) is 6.62. The van der Waals surface area contributed by atoms with Gasteiger partial charge in [-0.25, -0.2) is 0 Å². The molecule has 3 aliphatic carbocycles. The van der Waals surface area contributed by atoms with Crippen LogP contribution < -0.4 is 4.74 Å². The van der Waals surface area contributed by atoms with E-state index in [1.54, 1.807) is 18.2 Å². The summed E-state index contributed by atoms with van der Waals surface area (Å²) in [5.74, 6) is 4.73. The van der Waals surface area contributed by atoms with Crippen molar-refractivity contribution < 1.29 is 14.6 Å². The lowest BCUT2D eigenvalue weighted by Crippen LogP contribution is -2.12. The largest absolute Gasteiger partial charge is 0.508 e. The topological polar surface area (TPSA) is 42.0 Å². The number of epoxide rings is 1. The van der Waals surface area contributed by atoms with Crippen LogP contribution in [0.3, 0.4) is 0 Å². The Balaban J connectivity index is 0.000000115. The van der Waals surface area contributed by atoms with Crippen molar-refractivity contribution in [2.24, 2.45) is 23.7 Å². The highest BCUT2D eigenvalue weighted by Gasteiger charge is 2.44. The molecule has 3 nitrogen and oxygen atoms in total. The summed E-state index contributed by atoms with van der Waals surface area (Å²) in [6, 6.07) is 6.75. The molecule has 1 aliphatic heterocycles. The van der Waals surface area contributed by atoms with Crippen LogP contribution in [0.15, 0.2) is 48.6 Å². The Bertz CT molecular complexity index is 588. The molecule has 0 aromatic heterocycles. The lowest BCUT2D eigenvalue weighted by molar-refractivity contribution is 0.262. The van der Waals surface area contributed by atoms with Gasteiger partial charge in [-0.15, -0.1) is 0 Å². The van der Waals surface area contributed by atoms with Crippen molar-refractivity contribution in [2.75, 3.05) is 13.2 Å². The monoisotopic (exact) mass is 298 g/mol. The Morgan fingerprint density at radius 3 is 2.82 bits per heavy atom. The minimum atomic E-state index is 0.226. The second-order valence-corrected chi connectivity index (χ2v) is 6.62. The van der Waals surface area contributed by atoms with Crippen LogP contribution in [0.2, 0.25) is 0 Å². The first-order valence-corrected chi connectivity index (χ1v) is 8.18. The van der Waals surface area contributed by atoms with Crippen LogP contribution in [0.5, 0.6) is 11.5 Å². The SMILES string of the molecule is C1=CC2C3C=CC(C3)C2C1.Oc1cccc(OCC2CO2)c1. The molecule has 5 rings (SSSR count). The van der Waals surface area contributed by atoms with Gasteiger partial charge >= 0.3 is 0 Å². The molecule has 1 aromatic rings. The molecule has 4 aliphatic rings. The normalized spacial score (nSPS) is 35.9. The number of benzene rings is 1. The fourth-order valence-corrected chi connectivity index (χ4v) is 3.90. The van der Waals surface area contributed by atoms with E-state index in [0.29, 0.717) is 12.4 Å². The molecule has 2 fully saturated rings. The molecule has 22 heavy (non-hydrogen) atoms. The summed E-state index contributed by atoms with van der Waals surface area (Å²) in [4.78, 5) is 0. The van der Waals surface area contributed by atoms with Crippen molar-refractivity contribution in [1.29, 1.82) is 0 Å². The zero-order valence-corrected chi connectivity index (χ0v) is 12.6. The van der Waals surface area contributed by atoms with E-state index in [4.69, 9.17) is 14.6 Å². The Hall–Kier alpha value is -1.74. The molecule has 0 spiro atoms. The predicted octanol–water partition coefficient (Wildman–Crippen LogP) is 3.55. The molecule has 1 saturated carbocycles. The zero-order chi connectivity index (χ0) is 14.9. The van der Waals surface area contributed by atoms with Crippen molar-refractivity contribution in [2.45, 2.75) is 18.9 Å². The maximum Gasteiger partial charge on any atom is 0.123 e. The number of ether oxygens (including phenoxy) is 2. The molecule has 2 bridgehead atoms. The van der Waals surface area contributed by atoms with Crippen LogP contribution in [0.1, 0.15) is 12.8 Å². The number of fused-ring (bicyclic) bond motifs is 5. The highest BCUT2D eigenvalue weighted by atomic mass is 16.6. The molecule has 5 unspecified atom stereocenters. The van der Waals surface area contributed by atoms with E-state index < -0.39 is 0 Å². The predicted molar refractivity (Wildman–Crippen MR) is 84.8 cm³/mol. The number of hydrogen-bond acceptors (Lipinski definition) is 3. The van der Waals surface area contributed by atoms with Crippen molar-refractivity contribution in [3.63, 3.8) is 0 Å². The molecular formula is C19H22O3. The van der Waals surface area contributed by atoms with Crippen molar-refractivity contribution in [3.05, 3.63) is 48.6 Å². The Kier molecular flexibility index (Phi) is 3.67. The molecule has 1 saturated heterocycles. The number of hydrogen-bond donors (Lipinski definition) is 1. The number of allylic oxidation sites excluding steroid dienone is 4. The maximum atomic E-state index is 9.08. The summed E-state index contributed by atoms with van der Waals surface area (Å²) in [5.41, 5.74) is 0. The fraction of sp³-hybridized carbons (Fsp3) is 0.474. The van der Waals surface area contributed by atoms with Gasteiger partial charge in [0.15, 0.2) is 0 Å². The number of aromatic hydroxyl groups is 1. The minimum Gasteiger partial charge on any atom is -0.508 e. The van der Waals surface area contributed by atoms with E-state index in [1.807, 2.05) is 6.07 Å². The first-order valence-electron chi connectivity index (χ1n) is 8.18. The third kappa shape index (κ3) is 2.91. The number of rotatable bonds is 3. The second kappa shape index (κ2) is 5.81. The Morgan fingerprint density at radius 2 is 2.05 bits per heavy atom. The van der Waals surface area contributed by atoms with Gasteiger partial charge in [0.1, 0.15) is 24.2 Å². The van der Waals surface area contributed by atoms with Crippen LogP contribution in [-0.4, -0.2) is 24.4 Å². The van der Waals surface area contributed by atoms with Gasteiger partial charge in [0.05, 0.1) is 6.61 Å². The van der Waals surface area contributed by atoms with Crippen molar-refractivity contribution >= 4 is 0 Å². The van der Waals surface area contributed by atoms with E-state index >= 15 is 0 Å². The average Bonchev–Trinajstić information content (AvgIpc) is 2.93. The van der Waals surface area contributed by atoms with Crippen molar-refractivity contribution in [3.8, 4) is 11.5 Å². The van der Waals surface area contributed by atoms with Crippen LogP contribution in [0.4, 0.5) is 0 Å². The molecule has 1 aromatic carbocycles. The maximum absolute atomic E-state index is 9.08. The summed E-state index contributed by atoms with van der Waals surface area (Å²) in [7, 11) is 0. The Labute approximate surface area is 131 Å². The van der Waals surface area contributed by atoms with Gasteiger partial charge in [0, 0.05) is 6.07 Å². The van der Waals surface area contributed by atoms with Crippen LogP contribution >= 0.6 is 0 Å². The van der Waals surface area contributed by atoms with Crippen molar-refractivity contribution in [1.82, 2.24) is 0 Å². The van der Waals surface area contributed by atoms with E-state index in [0.717, 1.165) is 30.3 Å². The summed E-state index contributed by atoms with van der Waals surface area (Å²) in [5, 5.41) is 9.08. The van der Waals surface area contributed by atoms with Gasteiger partial charge in [0.2, 0.25) is 0 Å². The lowest BCUT2D eigenvalue weighted by Gasteiger charge is -2.18. The van der Waals surface area contributed by atoms with Gasteiger partial charge in [-0.3, -0.25) is 0 Å². The Morgan fingerprint density at radius 1 is 1.18 bits per heavy atom. The molecule has 5 atom stereocenters. The first-order chi connectivity index (χ1) is 10.8. The fourth-order valence-electron chi connectivity index (χ4n) is 3.90. The lowest BCUT2D eigenvalue weighted by atomic mass is 9.86. The molecule has 116 valence electrons. The zero-order valence-electron chi connectivity index (χ0n) is 12.6. The third-order valence-electron chi connectivity index (χ3n) is 5.11. The van der Waals surface area contributed by atoms with Gasteiger partial charge in [0.25, 0.3) is 0 Å². The highest BCUT2D eigenvalue weighted by molar-refractivity contribution is 5.31. The van der Waals surface area contributed by atoms with Gasteiger partial charge in [-0.2, -0.15) is 0 Å². The highest BCUT2D eigenvalue weighted by Crippen LogP contribution is 2.52. The molecule has 3 heteroatoms. The molecule has 0 amide bonds. The van der Waals surface area contributed by atoms with Crippen LogP contribution in [0.25, 0.3) is 0 Å². The molecule has 0 radical (unpaired) electrons. The van der Waals surface area contributed by atoms with Crippen LogP contribution in [-0.2, 0) is 4.74 Å². The quantitative estimate of drug-likeness (QED) is 0.685. The summed E-state index contributed by atoms with van der Waals surface area (Å²) in [6.07, 6.45) is 12.8. The molecule has 1 N–H and O–H groups in total.